The number of likely N-dealkylation sites (N-methyl/N-ethyl adjacent to an activating group) is 1. The van der Waals surface area contributed by atoms with Gasteiger partial charge < -0.3 is 4.57 Å². The molecule has 2 unspecified atom stereocenters. The second-order valence-electron chi connectivity index (χ2n) is 5.15. The fraction of sp³-hybridized carbons (Fsp3) is 0.333. The number of aromatic nitrogens is 1. The topological polar surface area (TPSA) is 37.6 Å². The lowest BCUT2D eigenvalue weighted by Gasteiger charge is -2.21. The second-order valence-corrected chi connectivity index (χ2v) is 5.15. The summed E-state index contributed by atoms with van der Waals surface area (Å²) < 4.78 is 1.66. The molecule has 2 heterocycles. The Balaban J connectivity index is 2.28. The number of pyridine rings is 1. The van der Waals surface area contributed by atoms with Crippen molar-refractivity contribution in [3.8, 4) is 0 Å². The van der Waals surface area contributed by atoms with E-state index in [1.165, 1.54) is 5.56 Å². The summed E-state index contributed by atoms with van der Waals surface area (Å²) >= 11 is 0. The molecule has 0 amide bonds. The van der Waals surface area contributed by atoms with E-state index in [-0.39, 0.29) is 11.5 Å². The van der Waals surface area contributed by atoms with Crippen molar-refractivity contribution in [2.75, 3.05) is 7.05 Å². The lowest BCUT2D eigenvalue weighted by molar-refractivity contribution is 0.289. The molecule has 0 radical (unpaired) electrons. The van der Waals surface area contributed by atoms with Crippen LogP contribution in [0.5, 0.6) is 0 Å². The predicted molar refractivity (Wildman–Crippen MR) is 77.6 cm³/mol. The quantitative estimate of drug-likeness (QED) is 0.781. The third-order valence-corrected chi connectivity index (χ3v) is 4.00. The van der Waals surface area contributed by atoms with Crippen LogP contribution in [0.25, 0.3) is 10.8 Å². The molecule has 1 aliphatic rings. The second kappa shape index (κ2) is 4.23. The average molecular weight is 255 g/mol. The number of benzene rings is 1. The predicted octanol–water partition coefficient (Wildman–Crippen LogP) is 1.94. The van der Waals surface area contributed by atoms with Gasteiger partial charge >= 0.3 is 0 Å². The first-order valence-electron chi connectivity index (χ1n) is 6.45. The highest BCUT2D eigenvalue weighted by molar-refractivity contribution is 5.89. The molecule has 2 aromatic rings. The van der Waals surface area contributed by atoms with Crippen molar-refractivity contribution in [3.63, 3.8) is 0 Å². The van der Waals surface area contributed by atoms with E-state index in [1.54, 1.807) is 11.6 Å². The first-order valence-corrected chi connectivity index (χ1v) is 6.45. The van der Waals surface area contributed by atoms with Crippen molar-refractivity contribution in [1.29, 1.82) is 0 Å². The van der Waals surface area contributed by atoms with Gasteiger partial charge in [0.05, 0.1) is 6.04 Å². The molecule has 2 atom stereocenters. The third kappa shape index (κ3) is 1.75. The van der Waals surface area contributed by atoms with Gasteiger partial charge in [-0.3, -0.25) is 9.80 Å². The Morgan fingerprint density at radius 3 is 2.47 bits per heavy atom. The van der Waals surface area contributed by atoms with Gasteiger partial charge in [-0.25, -0.2) is 0 Å². The Hall–Kier alpha value is -2.10. The van der Waals surface area contributed by atoms with Gasteiger partial charge in [0, 0.05) is 37.8 Å². The van der Waals surface area contributed by atoms with Crippen LogP contribution in [0.1, 0.15) is 18.4 Å². The number of fused-ring (bicyclic) bond motifs is 1. The molecule has 1 aromatic heterocycles. The molecule has 0 aliphatic carbocycles. The van der Waals surface area contributed by atoms with Crippen LogP contribution in [-0.2, 0) is 7.05 Å². The Bertz CT molecular complexity index is 717. The van der Waals surface area contributed by atoms with E-state index in [0.717, 1.165) is 10.8 Å². The van der Waals surface area contributed by atoms with E-state index in [1.807, 2.05) is 48.7 Å². The van der Waals surface area contributed by atoms with Gasteiger partial charge in [-0.1, -0.05) is 18.2 Å². The van der Waals surface area contributed by atoms with Crippen molar-refractivity contribution in [1.82, 2.24) is 9.58 Å². The van der Waals surface area contributed by atoms with Gasteiger partial charge in [-0.2, -0.15) is 5.10 Å². The number of nitrogens with zero attached hydrogens (tertiary/aromatic N) is 3. The van der Waals surface area contributed by atoms with Gasteiger partial charge in [0.15, 0.2) is 0 Å². The molecule has 4 nitrogen and oxygen atoms in total. The fourth-order valence-corrected chi connectivity index (χ4v) is 2.69. The van der Waals surface area contributed by atoms with Crippen LogP contribution in [0.4, 0.5) is 0 Å². The molecule has 0 fully saturated rings. The largest absolute Gasteiger partial charge is 0.318 e. The van der Waals surface area contributed by atoms with Crippen LogP contribution >= 0.6 is 0 Å². The molecule has 0 saturated heterocycles. The lowest BCUT2D eigenvalue weighted by Crippen LogP contribution is -2.26. The summed E-state index contributed by atoms with van der Waals surface area (Å²) in [6.45, 7) is 2.15. The highest BCUT2D eigenvalue weighted by Gasteiger charge is 2.27. The SMILES string of the molecule is CC1C(c2cn(C)c(=O)c3ccccc23)C=NN1C. The zero-order valence-corrected chi connectivity index (χ0v) is 11.4. The zero-order chi connectivity index (χ0) is 13.6. The summed E-state index contributed by atoms with van der Waals surface area (Å²) in [4.78, 5) is 12.2. The fourth-order valence-electron chi connectivity index (χ4n) is 2.69. The normalized spacial score (nSPS) is 22.4. The zero-order valence-electron chi connectivity index (χ0n) is 11.4. The van der Waals surface area contributed by atoms with Crippen LogP contribution in [-0.4, -0.2) is 28.9 Å². The molecular formula is C15H17N3O. The van der Waals surface area contributed by atoms with E-state index >= 15 is 0 Å². The Kier molecular flexibility index (Phi) is 2.66. The van der Waals surface area contributed by atoms with Crippen LogP contribution in [0, 0.1) is 0 Å². The van der Waals surface area contributed by atoms with E-state index in [2.05, 4.69) is 12.0 Å². The van der Waals surface area contributed by atoms with E-state index < -0.39 is 0 Å². The summed E-state index contributed by atoms with van der Waals surface area (Å²) in [6, 6.07) is 8.10. The van der Waals surface area contributed by atoms with Crippen molar-refractivity contribution >= 4 is 17.0 Å². The smallest absolute Gasteiger partial charge is 0.258 e. The average Bonchev–Trinajstić information content (AvgIpc) is 2.75. The molecule has 1 aliphatic heterocycles. The van der Waals surface area contributed by atoms with Crippen LogP contribution in [0.3, 0.4) is 0 Å². The molecule has 0 bridgehead atoms. The number of hydrogen-bond donors (Lipinski definition) is 0. The van der Waals surface area contributed by atoms with Gasteiger partial charge in [0.25, 0.3) is 5.56 Å². The van der Waals surface area contributed by atoms with Gasteiger partial charge in [0.1, 0.15) is 0 Å². The summed E-state index contributed by atoms with van der Waals surface area (Å²) in [7, 11) is 3.78. The summed E-state index contributed by atoms with van der Waals surface area (Å²) in [6.07, 6.45) is 3.91. The highest BCUT2D eigenvalue weighted by Crippen LogP contribution is 2.30. The molecule has 1 aromatic carbocycles. The van der Waals surface area contributed by atoms with Crippen molar-refractivity contribution in [2.24, 2.45) is 12.1 Å². The minimum atomic E-state index is 0.0512. The maximum Gasteiger partial charge on any atom is 0.258 e. The van der Waals surface area contributed by atoms with Crippen LogP contribution in [0.15, 0.2) is 40.4 Å². The number of hydrogen-bond acceptors (Lipinski definition) is 3. The maximum absolute atomic E-state index is 12.2. The van der Waals surface area contributed by atoms with Crippen molar-refractivity contribution < 1.29 is 0 Å². The third-order valence-electron chi connectivity index (χ3n) is 4.00. The number of hydrazone groups is 1. The molecule has 0 saturated carbocycles. The lowest BCUT2D eigenvalue weighted by atomic mass is 9.91. The Morgan fingerprint density at radius 2 is 1.84 bits per heavy atom. The minimum absolute atomic E-state index is 0.0512. The van der Waals surface area contributed by atoms with E-state index in [0.29, 0.717) is 6.04 Å². The molecule has 0 spiro atoms. The minimum Gasteiger partial charge on any atom is -0.318 e. The summed E-state index contributed by atoms with van der Waals surface area (Å²) in [5, 5.41) is 8.12. The van der Waals surface area contributed by atoms with Gasteiger partial charge in [0.2, 0.25) is 0 Å². The standard InChI is InChI=1S/C15H17N3O/c1-10-13(8-16-18(10)3)14-9-17(2)15(19)12-7-5-4-6-11(12)14/h4-10,13H,1-3H3. The maximum atomic E-state index is 12.2. The molecule has 4 heteroatoms. The summed E-state index contributed by atoms with van der Waals surface area (Å²) in [5.74, 6) is 0.224. The molecular weight excluding hydrogens is 238 g/mol. The Labute approximate surface area is 112 Å². The number of rotatable bonds is 1. The first-order chi connectivity index (χ1) is 9.09. The molecule has 0 N–H and O–H groups in total. The molecule has 3 rings (SSSR count). The van der Waals surface area contributed by atoms with Crippen molar-refractivity contribution in [3.05, 3.63) is 46.4 Å². The monoisotopic (exact) mass is 255 g/mol. The van der Waals surface area contributed by atoms with Crippen LogP contribution < -0.4 is 5.56 Å². The molecule has 19 heavy (non-hydrogen) atoms. The van der Waals surface area contributed by atoms with Gasteiger partial charge in [-0.05, 0) is 23.9 Å². The number of aryl methyl sites for hydroxylation is 1. The van der Waals surface area contributed by atoms with E-state index in [9.17, 15) is 4.79 Å². The van der Waals surface area contributed by atoms with Crippen LogP contribution in [0.2, 0.25) is 0 Å². The Morgan fingerprint density at radius 1 is 1.16 bits per heavy atom. The van der Waals surface area contributed by atoms with Crippen molar-refractivity contribution in [2.45, 2.75) is 18.9 Å². The summed E-state index contributed by atoms with van der Waals surface area (Å²) in [5.41, 5.74) is 1.22. The highest BCUT2D eigenvalue weighted by atomic mass is 16.1. The van der Waals surface area contributed by atoms with Gasteiger partial charge in [-0.15, -0.1) is 0 Å². The molecule has 98 valence electrons. The van der Waals surface area contributed by atoms with E-state index in [4.69, 9.17) is 0 Å². The first kappa shape index (κ1) is 12.0.